The van der Waals surface area contributed by atoms with Crippen LogP contribution in [0.15, 0.2) is 18.2 Å². The van der Waals surface area contributed by atoms with E-state index >= 15 is 0 Å². The summed E-state index contributed by atoms with van der Waals surface area (Å²) in [4.78, 5) is 14.3. The van der Waals surface area contributed by atoms with Gasteiger partial charge in [0.1, 0.15) is 0 Å². The van der Waals surface area contributed by atoms with E-state index in [1.807, 2.05) is 30.0 Å². The highest BCUT2D eigenvalue weighted by atomic mass is 35.5. The third kappa shape index (κ3) is 3.87. The lowest BCUT2D eigenvalue weighted by Crippen LogP contribution is -2.48. The average molecular weight is 315 g/mol. The molecule has 1 fully saturated rings. The normalized spacial score (nSPS) is 17.1. The summed E-state index contributed by atoms with van der Waals surface area (Å²) >= 11 is 12.3. The first-order valence-electron chi connectivity index (χ1n) is 7.02. The van der Waals surface area contributed by atoms with Crippen molar-refractivity contribution in [3.05, 3.63) is 33.8 Å². The van der Waals surface area contributed by atoms with Gasteiger partial charge in [0, 0.05) is 42.1 Å². The third-order valence-electron chi connectivity index (χ3n) is 3.74. The molecule has 1 aromatic rings. The highest BCUT2D eigenvalue weighted by molar-refractivity contribution is 6.35. The molecule has 1 atom stereocenters. The Morgan fingerprint density at radius 3 is 2.50 bits per heavy atom. The van der Waals surface area contributed by atoms with E-state index < -0.39 is 0 Å². The van der Waals surface area contributed by atoms with Crippen LogP contribution in [0.1, 0.15) is 18.9 Å². The molecule has 1 amide bonds. The quantitative estimate of drug-likeness (QED) is 0.926. The fraction of sp³-hybridized carbons (Fsp3) is 0.533. The molecule has 110 valence electrons. The van der Waals surface area contributed by atoms with Gasteiger partial charge in [-0.2, -0.15) is 0 Å². The van der Waals surface area contributed by atoms with E-state index in [1.165, 1.54) is 0 Å². The van der Waals surface area contributed by atoms with Gasteiger partial charge >= 0.3 is 0 Å². The summed E-state index contributed by atoms with van der Waals surface area (Å²) < 4.78 is 0. The molecular weight excluding hydrogens is 295 g/mol. The van der Waals surface area contributed by atoms with Crippen molar-refractivity contribution in [2.75, 3.05) is 26.2 Å². The molecule has 1 aromatic carbocycles. The Balaban J connectivity index is 1.91. The molecule has 0 radical (unpaired) electrons. The van der Waals surface area contributed by atoms with Crippen LogP contribution in [-0.4, -0.2) is 37.0 Å². The van der Waals surface area contributed by atoms with E-state index in [1.54, 1.807) is 0 Å². The molecule has 2 rings (SSSR count). The Morgan fingerprint density at radius 1 is 1.30 bits per heavy atom. The van der Waals surface area contributed by atoms with Crippen LogP contribution in [0, 0.1) is 5.92 Å². The number of nitrogens with one attached hydrogen (secondary N) is 1. The Morgan fingerprint density at radius 2 is 1.90 bits per heavy atom. The van der Waals surface area contributed by atoms with E-state index in [0.29, 0.717) is 10.0 Å². The maximum absolute atomic E-state index is 12.3. The van der Waals surface area contributed by atoms with E-state index in [-0.39, 0.29) is 11.8 Å². The largest absolute Gasteiger partial charge is 0.340 e. The summed E-state index contributed by atoms with van der Waals surface area (Å²) in [6.07, 6.45) is 1.50. The minimum atomic E-state index is 0.000407. The predicted molar refractivity (Wildman–Crippen MR) is 83.4 cm³/mol. The molecule has 20 heavy (non-hydrogen) atoms. The van der Waals surface area contributed by atoms with Crippen LogP contribution in [0.4, 0.5) is 0 Å². The van der Waals surface area contributed by atoms with Crippen LogP contribution in [0.25, 0.3) is 0 Å². The zero-order valence-electron chi connectivity index (χ0n) is 11.7. The molecular formula is C15H20Cl2N2O. The number of halogens is 2. The van der Waals surface area contributed by atoms with Crippen molar-refractivity contribution in [3.8, 4) is 0 Å². The molecule has 3 nitrogen and oxygen atoms in total. The third-order valence-corrected chi connectivity index (χ3v) is 4.45. The van der Waals surface area contributed by atoms with Crippen LogP contribution in [0.3, 0.4) is 0 Å². The van der Waals surface area contributed by atoms with Crippen LogP contribution < -0.4 is 5.32 Å². The minimum Gasteiger partial charge on any atom is -0.340 e. The van der Waals surface area contributed by atoms with Gasteiger partial charge in [-0.3, -0.25) is 4.79 Å². The number of amides is 1. The molecule has 1 N–H and O–H groups in total. The standard InChI is InChI=1S/C15H20Cl2N2O/c1-11(15(20)19-9-7-18-8-10-19)5-6-12-13(16)3-2-4-14(12)17/h2-4,11,18H,5-10H2,1H3. The second-order valence-electron chi connectivity index (χ2n) is 5.22. The summed E-state index contributed by atoms with van der Waals surface area (Å²) in [7, 11) is 0. The summed E-state index contributed by atoms with van der Waals surface area (Å²) in [5.74, 6) is 0.232. The minimum absolute atomic E-state index is 0.000407. The van der Waals surface area contributed by atoms with E-state index in [0.717, 1.165) is 44.6 Å². The van der Waals surface area contributed by atoms with Gasteiger partial charge in [0.2, 0.25) is 5.91 Å². The fourth-order valence-electron chi connectivity index (χ4n) is 2.45. The van der Waals surface area contributed by atoms with Crippen molar-refractivity contribution in [1.29, 1.82) is 0 Å². The zero-order chi connectivity index (χ0) is 14.5. The molecule has 0 aromatic heterocycles. The van der Waals surface area contributed by atoms with Gasteiger partial charge in [0.25, 0.3) is 0 Å². The summed E-state index contributed by atoms with van der Waals surface area (Å²) in [5.41, 5.74) is 0.941. The van der Waals surface area contributed by atoms with Crippen molar-refractivity contribution in [2.45, 2.75) is 19.8 Å². The maximum Gasteiger partial charge on any atom is 0.225 e. The molecule has 0 aliphatic carbocycles. The second kappa shape index (κ2) is 7.30. The number of piperazine rings is 1. The number of benzene rings is 1. The highest BCUT2D eigenvalue weighted by Gasteiger charge is 2.22. The van der Waals surface area contributed by atoms with Crippen molar-refractivity contribution in [2.24, 2.45) is 5.92 Å². The molecule has 1 aliphatic rings. The van der Waals surface area contributed by atoms with Gasteiger partial charge in [0.15, 0.2) is 0 Å². The summed E-state index contributed by atoms with van der Waals surface area (Å²) in [6, 6.07) is 5.51. The van der Waals surface area contributed by atoms with E-state index in [2.05, 4.69) is 5.32 Å². The number of nitrogens with zero attached hydrogens (tertiary/aromatic N) is 1. The lowest BCUT2D eigenvalue weighted by molar-refractivity contribution is -0.135. The van der Waals surface area contributed by atoms with Crippen LogP contribution in [0.5, 0.6) is 0 Å². The first kappa shape index (κ1) is 15.6. The number of hydrogen-bond acceptors (Lipinski definition) is 2. The van der Waals surface area contributed by atoms with Gasteiger partial charge in [-0.1, -0.05) is 36.2 Å². The molecule has 0 saturated carbocycles. The van der Waals surface area contributed by atoms with Gasteiger partial charge in [-0.05, 0) is 30.5 Å². The van der Waals surface area contributed by atoms with Crippen LogP contribution in [0.2, 0.25) is 10.0 Å². The molecule has 1 aliphatic heterocycles. The first-order valence-corrected chi connectivity index (χ1v) is 7.77. The van der Waals surface area contributed by atoms with Crippen molar-refractivity contribution < 1.29 is 4.79 Å². The predicted octanol–water partition coefficient (Wildman–Crippen LogP) is 2.99. The Kier molecular flexibility index (Phi) is 5.70. The Bertz CT molecular complexity index is 453. The van der Waals surface area contributed by atoms with Crippen LogP contribution in [-0.2, 0) is 11.2 Å². The Labute approximate surface area is 130 Å². The van der Waals surface area contributed by atoms with E-state index in [4.69, 9.17) is 23.2 Å². The van der Waals surface area contributed by atoms with Gasteiger partial charge in [-0.15, -0.1) is 0 Å². The zero-order valence-corrected chi connectivity index (χ0v) is 13.2. The number of carbonyl (C=O) groups excluding carboxylic acids is 1. The monoisotopic (exact) mass is 314 g/mol. The van der Waals surface area contributed by atoms with Gasteiger partial charge in [0.05, 0.1) is 0 Å². The molecule has 0 bridgehead atoms. The fourth-order valence-corrected chi connectivity index (χ4v) is 3.04. The summed E-state index contributed by atoms with van der Waals surface area (Å²) in [6.45, 7) is 5.35. The van der Waals surface area contributed by atoms with Crippen molar-refractivity contribution in [3.63, 3.8) is 0 Å². The lowest BCUT2D eigenvalue weighted by atomic mass is 9.99. The topological polar surface area (TPSA) is 32.3 Å². The Hall–Kier alpha value is -0.770. The number of hydrogen-bond donors (Lipinski definition) is 1. The van der Waals surface area contributed by atoms with Crippen molar-refractivity contribution in [1.82, 2.24) is 10.2 Å². The van der Waals surface area contributed by atoms with Gasteiger partial charge < -0.3 is 10.2 Å². The second-order valence-corrected chi connectivity index (χ2v) is 6.03. The number of carbonyl (C=O) groups is 1. The average Bonchev–Trinajstić information content (AvgIpc) is 2.46. The van der Waals surface area contributed by atoms with Crippen LogP contribution >= 0.6 is 23.2 Å². The highest BCUT2D eigenvalue weighted by Crippen LogP contribution is 2.26. The smallest absolute Gasteiger partial charge is 0.225 e. The first-order chi connectivity index (χ1) is 9.59. The molecule has 1 heterocycles. The molecule has 1 saturated heterocycles. The molecule has 0 spiro atoms. The maximum atomic E-state index is 12.3. The van der Waals surface area contributed by atoms with Gasteiger partial charge in [-0.25, -0.2) is 0 Å². The van der Waals surface area contributed by atoms with E-state index in [9.17, 15) is 4.79 Å². The molecule has 1 unspecified atom stereocenters. The lowest BCUT2D eigenvalue weighted by Gasteiger charge is -2.29. The summed E-state index contributed by atoms with van der Waals surface area (Å²) in [5, 5.41) is 4.61. The van der Waals surface area contributed by atoms with Crippen molar-refractivity contribution >= 4 is 29.1 Å². The SMILES string of the molecule is CC(CCc1c(Cl)cccc1Cl)C(=O)N1CCNCC1. The number of rotatable bonds is 4. The molecule has 5 heteroatoms.